The first-order chi connectivity index (χ1) is 27.6. The summed E-state index contributed by atoms with van der Waals surface area (Å²) >= 11 is 0. The summed E-state index contributed by atoms with van der Waals surface area (Å²) in [5.74, 6) is -0.998. The summed E-state index contributed by atoms with van der Waals surface area (Å²) in [5.41, 5.74) is 5.33. The quantitative estimate of drug-likeness (QED) is 0.0153. The van der Waals surface area contributed by atoms with E-state index in [-0.39, 0.29) is 32.6 Å². The number of unbranched alkanes of at least 4 members (excludes halogenated alkanes) is 14. The number of hydrogen-bond donors (Lipinski definition) is 4. The van der Waals surface area contributed by atoms with Crippen LogP contribution in [0.15, 0.2) is 72.9 Å². The molecule has 0 aromatic carbocycles. The van der Waals surface area contributed by atoms with E-state index in [2.05, 4.69) is 6.92 Å². The molecule has 0 amide bonds. The Morgan fingerprint density at radius 2 is 1.16 bits per heavy atom. The number of aliphatic hydroxyl groups excluding tert-OH is 2. The molecule has 57 heavy (non-hydrogen) atoms. The SMILES string of the molecule is CC/C=C\C[C@@H](O)/C=C/C=C\C=C\[C@@H](O)C/C=C\C/C=C\CCC(=O)OC[C@H](COP(=O)(O)OCCN)OC(=O)CCCCCCCCCCCCCCCCC. The lowest BCUT2D eigenvalue weighted by Crippen LogP contribution is -2.29. The van der Waals surface area contributed by atoms with Crippen molar-refractivity contribution in [1.29, 1.82) is 0 Å². The van der Waals surface area contributed by atoms with Crippen molar-refractivity contribution in [2.45, 2.75) is 173 Å². The van der Waals surface area contributed by atoms with Gasteiger partial charge in [0.25, 0.3) is 0 Å². The highest BCUT2D eigenvalue weighted by molar-refractivity contribution is 7.47. The summed E-state index contributed by atoms with van der Waals surface area (Å²) in [4.78, 5) is 34.8. The Morgan fingerprint density at radius 3 is 1.70 bits per heavy atom. The van der Waals surface area contributed by atoms with Crippen molar-refractivity contribution in [3.63, 3.8) is 0 Å². The van der Waals surface area contributed by atoms with Crippen LogP contribution in [-0.4, -0.2) is 71.7 Å². The predicted octanol–water partition coefficient (Wildman–Crippen LogP) is 10.2. The van der Waals surface area contributed by atoms with E-state index < -0.39 is 44.7 Å². The largest absolute Gasteiger partial charge is 0.472 e. The van der Waals surface area contributed by atoms with Crippen LogP contribution in [0.25, 0.3) is 0 Å². The average molecular weight is 824 g/mol. The van der Waals surface area contributed by atoms with Gasteiger partial charge in [-0.05, 0) is 38.5 Å². The average Bonchev–Trinajstić information content (AvgIpc) is 3.19. The fraction of sp³-hybridized carbons (Fsp3) is 0.689. The number of aliphatic hydroxyl groups is 2. The van der Waals surface area contributed by atoms with Crippen molar-refractivity contribution in [2.24, 2.45) is 5.73 Å². The van der Waals surface area contributed by atoms with Crippen LogP contribution in [0, 0.1) is 0 Å². The Morgan fingerprint density at radius 1 is 0.632 bits per heavy atom. The number of phosphoric ester groups is 1. The lowest BCUT2D eigenvalue weighted by atomic mass is 10.0. The van der Waals surface area contributed by atoms with E-state index in [1.165, 1.54) is 70.6 Å². The fourth-order valence-electron chi connectivity index (χ4n) is 5.54. The maximum absolute atomic E-state index is 12.6. The Bertz CT molecular complexity index is 1200. The zero-order chi connectivity index (χ0) is 42.1. The standard InChI is InChI=1S/C45H78NO10P/c1-3-5-7-8-9-10-11-12-13-14-15-16-17-22-30-36-45(50)56-43(40-55-57(51,52)54-38-37-46)39-53-44(49)35-29-21-19-18-20-26-32-42(48)34-28-24-23-27-33-41(47)31-25-6-4-2/h6,19-21,23-28,33-34,41-43,47-48H,3-5,7-18,22,29-32,35-40,46H2,1-2H3,(H,51,52)/b21-19-,24-23-,25-6-,26-20-,33-27+,34-28+/t41-,42+,43-/m1/s1. The second kappa shape index (κ2) is 40.2. The molecule has 0 radical (unpaired) electrons. The number of rotatable bonds is 39. The zero-order valence-corrected chi connectivity index (χ0v) is 36.2. The highest BCUT2D eigenvalue weighted by atomic mass is 31.2. The van der Waals surface area contributed by atoms with Crippen molar-refractivity contribution in [2.75, 3.05) is 26.4 Å². The van der Waals surface area contributed by atoms with Gasteiger partial charge in [-0.3, -0.25) is 18.6 Å². The molecule has 4 atom stereocenters. The predicted molar refractivity (Wildman–Crippen MR) is 231 cm³/mol. The molecule has 1 unspecified atom stereocenters. The summed E-state index contributed by atoms with van der Waals surface area (Å²) < 4.78 is 32.6. The highest BCUT2D eigenvalue weighted by Crippen LogP contribution is 2.43. The monoisotopic (exact) mass is 824 g/mol. The van der Waals surface area contributed by atoms with Crippen molar-refractivity contribution >= 4 is 19.8 Å². The lowest BCUT2D eigenvalue weighted by molar-refractivity contribution is -0.161. The van der Waals surface area contributed by atoms with Crippen molar-refractivity contribution in [3.05, 3.63) is 72.9 Å². The van der Waals surface area contributed by atoms with Crippen LogP contribution in [0.4, 0.5) is 0 Å². The van der Waals surface area contributed by atoms with Crippen LogP contribution in [0.3, 0.4) is 0 Å². The van der Waals surface area contributed by atoms with E-state index in [0.717, 1.165) is 25.7 Å². The molecule has 0 rings (SSSR count). The molecule has 0 heterocycles. The van der Waals surface area contributed by atoms with Gasteiger partial charge in [-0.15, -0.1) is 0 Å². The third-order valence-electron chi connectivity index (χ3n) is 8.79. The molecular formula is C45H78NO10P. The first kappa shape index (κ1) is 54.4. The third-order valence-corrected chi connectivity index (χ3v) is 9.77. The zero-order valence-electron chi connectivity index (χ0n) is 35.3. The van der Waals surface area contributed by atoms with Gasteiger partial charge in [0.15, 0.2) is 6.10 Å². The number of carbonyl (C=O) groups excluding carboxylic acids is 2. The minimum absolute atomic E-state index is 0.0250. The van der Waals surface area contributed by atoms with Crippen molar-refractivity contribution in [3.8, 4) is 0 Å². The molecule has 0 saturated carbocycles. The Labute approximate surface area is 345 Å². The highest BCUT2D eigenvalue weighted by Gasteiger charge is 2.26. The Kier molecular flexibility index (Phi) is 38.3. The number of carbonyl (C=O) groups is 2. The van der Waals surface area contributed by atoms with Crippen LogP contribution in [0.2, 0.25) is 0 Å². The Balaban J connectivity index is 4.40. The molecular weight excluding hydrogens is 745 g/mol. The molecule has 11 nitrogen and oxygen atoms in total. The molecule has 0 spiro atoms. The maximum atomic E-state index is 12.6. The molecule has 0 aromatic rings. The summed E-state index contributed by atoms with van der Waals surface area (Å²) in [6.07, 6.45) is 41.5. The van der Waals surface area contributed by atoms with Crippen LogP contribution >= 0.6 is 7.82 Å². The number of esters is 2. The normalized spacial score (nSPS) is 15.1. The van der Waals surface area contributed by atoms with Crippen molar-refractivity contribution in [1.82, 2.24) is 0 Å². The second-order valence-electron chi connectivity index (χ2n) is 14.2. The van der Waals surface area contributed by atoms with E-state index in [0.29, 0.717) is 32.1 Å². The summed E-state index contributed by atoms with van der Waals surface area (Å²) in [6.45, 7) is 3.33. The molecule has 0 saturated heterocycles. The van der Waals surface area contributed by atoms with Crippen LogP contribution in [0.5, 0.6) is 0 Å². The fourth-order valence-corrected chi connectivity index (χ4v) is 6.31. The summed E-state index contributed by atoms with van der Waals surface area (Å²) in [6, 6.07) is 0. The number of hydrogen-bond acceptors (Lipinski definition) is 10. The lowest BCUT2D eigenvalue weighted by Gasteiger charge is -2.19. The van der Waals surface area contributed by atoms with Gasteiger partial charge in [0, 0.05) is 19.4 Å². The minimum Gasteiger partial charge on any atom is -0.462 e. The van der Waals surface area contributed by atoms with E-state index in [9.17, 15) is 29.3 Å². The smallest absolute Gasteiger partial charge is 0.462 e. The number of nitrogens with two attached hydrogens (primary N) is 1. The maximum Gasteiger partial charge on any atom is 0.472 e. The number of phosphoric acid groups is 1. The molecule has 0 aliphatic rings. The summed E-state index contributed by atoms with van der Waals surface area (Å²) in [5, 5.41) is 19.9. The second-order valence-corrected chi connectivity index (χ2v) is 15.7. The molecule has 328 valence electrons. The van der Waals surface area contributed by atoms with Gasteiger partial charge >= 0.3 is 19.8 Å². The van der Waals surface area contributed by atoms with Gasteiger partial charge in [0.2, 0.25) is 0 Å². The van der Waals surface area contributed by atoms with Gasteiger partial charge < -0.3 is 30.3 Å². The first-order valence-corrected chi connectivity index (χ1v) is 23.1. The summed E-state index contributed by atoms with van der Waals surface area (Å²) in [7, 11) is -4.42. The molecule has 0 bridgehead atoms. The molecule has 0 aliphatic heterocycles. The van der Waals surface area contributed by atoms with Gasteiger partial charge in [-0.2, -0.15) is 0 Å². The first-order valence-electron chi connectivity index (χ1n) is 21.6. The van der Waals surface area contributed by atoms with Gasteiger partial charge in [-0.25, -0.2) is 4.57 Å². The molecule has 0 aromatic heterocycles. The molecule has 0 fully saturated rings. The van der Waals surface area contributed by atoms with E-state index in [1.807, 2.05) is 43.4 Å². The van der Waals surface area contributed by atoms with E-state index in [1.54, 1.807) is 36.5 Å². The molecule has 5 N–H and O–H groups in total. The molecule has 0 aliphatic carbocycles. The van der Waals surface area contributed by atoms with Crippen molar-refractivity contribution < 1.29 is 47.8 Å². The van der Waals surface area contributed by atoms with E-state index in [4.69, 9.17) is 24.3 Å². The third kappa shape index (κ3) is 40.0. The van der Waals surface area contributed by atoms with Gasteiger partial charge in [0.1, 0.15) is 6.61 Å². The van der Waals surface area contributed by atoms with Gasteiger partial charge in [-0.1, -0.05) is 177 Å². The number of ether oxygens (including phenoxy) is 2. The Hall–Kier alpha value is -2.63. The van der Waals surface area contributed by atoms with Gasteiger partial charge in [0.05, 0.1) is 25.4 Å². The van der Waals surface area contributed by atoms with Crippen LogP contribution in [-0.2, 0) is 32.7 Å². The van der Waals surface area contributed by atoms with Crippen LogP contribution < -0.4 is 5.73 Å². The minimum atomic E-state index is -4.42. The topological polar surface area (TPSA) is 175 Å². The number of allylic oxidation sites excluding steroid dienone is 8. The van der Waals surface area contributed by atoms with E-state index >= 15 is 0 Å². The molecule has 12 heteroatoms. The van der Waals surface area contributed by atoms with Crippen LogP contribution in [0.1, 0.15) is 155 Å².